The van der Waals surface area contributed by atoms with Crippen molar-refractivity contribution in [3.05, 3.63) is 27.9 Å². The van der Waals surface area contributed by atoms with Crippen LogP contribution in [0.1, 0.15) is 6.42 Å². The fourth-order valence-electron chi connectivity index (χ4n) is 1.52. The molecule has 2 rings (SSSR count). The van der Waals surface area contributed by atoms with Crippen LogP contribution >= 0.6 is 11.6 Å². The summed E-state index contributed by atoms with van der Waals surface area (Å²) in [6.07, 6.45) is 3.16. The van der Waals surface area contributed by atoms with Gasteiger partial charge >= 0.3 is 11.7 Å². The third-order valence-electron chi connectivity index (χ3n) is 2.21. The first-order valence-electron chi connectivity index (χ1n) is 4.53. The van der Waals surface area contributed by atoms with Gasteiger partial charge in [-0.15, -0.1) is 0 Å². The van der Waals surface area contributed by atoms with Gasteiger partial charge in [0, 0.05) is 18.7 Å². The zero-order valence-corrected chi connectivity index (χ0v) is 8.61. The maximum Gasteiger partial charge on any atom is 0.347 e. The van der Waals surface area contributed by atoms with Crippen LogP contribution in [0.3, 0.4) is 0 Å². The van der Waals surface area contributed by atoms with E-state index in [2.05, 4.69) is 4.98 Å². The summed E-state index contributed by atoms with van der Waals surface area (Å²) in [5.74, 6) is -0.182. The standard InChI is InChI=1S/C9H9ClN2O3/c10-7-2-11-9(14)12(4-7)3-6-1-8(13)15-5-6/h2,4,6H,1,3,5H2. The molecule has 2 heterocycles. The predicted octanol–water partition coefficient (Wildman–Crippen LogP) is 0.460. The first-order chi connectivity index (χ1) is 7.15. The molecule has 0 aromatic carbocycles. The van der Waals surface area contributed by atoms with Crippen molar-refractivity contribution in [2.45, 2.75) is 13.0 Å². The Balaban J connectivity index is 2.13. The quantitative estimate of drug-likeness (QED) is 0.690. The van der Waals surface area contributed by atoms with Crippen LogP contribution in [0.2, 0.25) is 5.02 Å². The van der Waals surface area contributed by atoms with Crippen molar-refractivity contribution in [3.8, 4) is 0 Å². The first-order valence-corrected chi connectivity index (χ1v) is 4.90. The fourth-order valence-corrected chi connectivity index (χ4v) is 1.69. The molecule has 1 unspecified atom stereocenters. The van der Waals surface area contributed by atoms with Crippen LogP contribution in [-0.2, 0) is 16.1 Å². The predicted molar refractivity (Wildman–Crippen MR) is 52.6 cm³/mol. The summed E-state index contributed by atoms with van der Waals surface area (Å²) in [6.45, 7) is 0.774. The lowest BCUT2D eigenvalue weighted by Crippen LogP contribution is -2.25. The summed E-state index contributed by atoms with van der Waals surface area (Å²) in [6, 6.07) is 0. The third-order valence-corrected chi connectivity index (χ3v) is 2.41. The second-order valence-electron chi connectivity index (χ2n) is 3.46. The molecule has 0 N–H and O–H groups in total. The first kappa shape index (κ1) is 10.2. The lowest BCUT2D eigenvalue weighted by Gasteiger charge is -2.08. The van der Waals surface area contributed by atoms with Gasteiger partial charge in [-0.1, -0.05) is 11.6 Å². The van der Waals surface area contributed by atoms with Gasteiger partial charge in [0.15, 0.2) is 0 Å². The zero-order valence-electron chi connectivity index (χ0n) is 7.85. The van der Waals surface area contributed by atoms with E-state index < -0.39 is 0 Å². The Morgan fingerprint density at radius 1 is 1.60 bits per heavy atom. The second-order valence-corrected chi connectivity index (χ2v) is 3.90. The zero-order chi connectivity index (χ0) is 10.8. The molecule has 1 aromatic heterocycles. The van der Waals surface area contributed by atoms with Crippen molar-refractivity contribution in [2.24, 2.45) is 5.92 Å². The van der Waals surface area contributed by atoms with Crippen molar-refractivity contribution in [3.63, 3.8) is 0 Å². The van der Waals surface area contributed by atoms with E-state index in [1.165, 1.54) is 17.0 Å². The molecule has 1 atom stereocenters. The van der Waals surface area contributed by atoms with Gasteiger partial charge < -0.3 is 4.74 Å². The topological polar surface area (TPSA) is 61.2 Å². The van der Waals surface area contributed by atoms with Crippen LogP contribution in [0.25, 0.3) is 0 Å². The van der Waals surface area contributed by atoms with E-state index in [1.807, 2.05) is 0 Å². The Hall–Kier alpha value is -1.36. The lowest BCUT2D eigenvalue weighted by atomic mass is 10.1. The number of esters is 1. The molecule has 5 nitrogen and oxygen atoms in total. The number of hydrogen-bond donors (Lipinski definition) is 0. The van der Waals surface area contributed by atoms with Gasteiger partial charge in [0.05, 0.1) is 24.2 Å². The van der Waals surface area contributed by atoms with Gasteiger partial charge in [-0.2, -0.15) is 0 Å². The molecule has 0 aliphatic carbocycles. The van der Waals surface area contributed by atoms with Crippen molar-refractivity contribution in [1.29, 1.82) is 0 Å². The summed E-state index contributed by atoms with van der Waals surface area (Å²) >= 11 is 5.71. The number of nitrogens with zero attached hydrogens (tertiary/aromatic N) is 2. The highest BCUT2D eigenvalue weighted by Gasteiger charge is 2.24. The number of halogens is 1. The molecular formula is C9H9ClN2O3. The Bertz CT molecular complexity index is 443. The average molecular weight is 229 g/mol. The monoisotopic (exact) mass is 228 g/mol. The number of hydrogen-bond acceptors (Lipinski definition) is 4. The third kappa shape index (κ3) is 2.36. The summed E-state index contributed by atoms with van der Waals surface area (Å²) in [5.41, 5.74) is -0.362. The molecule has 15 heavy (non-hydrogen) atoms. The van der Waals surface area contributed by atoms with Crippen LogP contribution in [0.15, 0.2) is 17.2 Å². The number of aromatic nitrogens is 2. The van der Waals surface area contributed by atoms with E-state index in [9.17, 15) is 9.59 Å². The minimum atomic E-state index is -0.362. The average Bonchev–Trinajstić information content (AvgIpc) is 2.58. The van der Waals surface area contributed by atoms with Crippen molar-refractivity contribution in [2.75, 3.05) is 6.61 Å². The molecule has 0 spiro atoms. The Morgan fingerprint density at radius 3 is 3.07 bits per heavy atom. The number of cyclic esters (lactones) is 1. The molecule has 0 saturated carbocycles. The highest BCUT2D eigenvalue weighted by atomic mass is 35.5. The minimum absolute atomic E-state index is 0.0375. The van der Waals surface area contributed by atoms with Crippen LogP contribution < -0.4 is 5.69 Å². The number of carbonyl (C=O) groups is 1. The maximum absolute atomic E-state index is 11.3. The molecule has 1 fully saturated rings. The van der Waals surface area contributed by atoms with Crippen LogP contribution in [0, 0.1) is 5.92 Å². The highest BCUT2D eigenvalue weighted by molar-refractivity contribution is 6.30. The lowest BCUT2D eigenvalue weighted by molar-refractivity contribution is -0.137. The largest absolute Gasteiger partial charge is 0.465 e. The molecule has 1 aliphatic heterocycles. The summed E-state index contributed by atoms with van der Waals surface area (Å²) < 4.78 is 6.20. The van der Waals surface area contributed by atoms with Gasteiger partial charge in [-0.3, -0.25) is 9.36 Å². The van der Waals surface area contributed by atoms with E-state index >= 15 is 0 Å². The van der Waals surface area contributed by atoms with E-state index in [4.69, 9.17) is 16.3 Å². The van der Waals surface area contributed by atoms with Crippen molar-refractivity contribution in [1.82, 2.24) is 9.55 Å². The number of rotatable bonds is 2. The Kier molecular flexibility index (Phi) is 2.73. The molecular weight excluding hydrogens is 220 g/mol. The minimum Gasteiger partial charge on any atom is -0.465 e. The molecule has 80 valence electrons. The molecule has 1 saturated heterocycles. The summed E-state index contributed by atoms with van der Waals surface area (Å²) in [4.78, 5) is 25.7. The maximum atomic E-state index is 11.3. The SMILES string of the molecule is O=C1CC(Cn2cc(Cl)cnc2=O)CO1. The smallest absolute Gasteiger partial charge is 0.347 e. The second kappa shape index (κ2) is 4.02. The molecule has 6 heteroatoms. The summed E-state index contributed by atoms with van der Waals surface area (Å²) in [5, 5.41) is 0.403. The van der Waals surface area contributed by atoms with Gasteiger partial charge in [-0.25, -0.2) is 9.78 Å². The van der Waals surface area contributed by atoms with Gasteiger partial charge in [0.1, 0.15) is 0 Å². The Morgan fingerprint density at radius 2 is 2.40 bits per heavy atom. The molecule has 0 amide bonds. The normalized spacial score (nSPS) is 20.3. The molecule has 1 aliphatic rings. The molecule has 0 bridgehead atoms. The van der Waals surface area contributed by atoms with Crippen molar-refractivity contribution >= 4 is 17.6 Å². The van der Waals surface area contributed by atoms with Gasteiger partial charge in [0.25, 0.3) is 0 Å². The van der Waals surface area contributed by atoms with E-state index in [1.54, 1.807) is 0 Å². The number of carbonyl (C=O) groups excluding carboxylic acids is 1. The van der Waals surface area contributed by atoms with Crippen LogP contribution in [0.4, 0.5) is 0 Å². The van der Waals surface area contributed by atoms with Crippen LogP contribution in [0.5, 0.6) is 0 Å². The van der Waals surface area contributed by atoms with Crippen molar-refractivity contribution < 1.29 is 9.53 Å². The van der Waals surface area contributed by atoms with E-state index in [-0.39, 0.29) is 17.6 Å². The van der Waals surface area contributed by atoms with Crippen LogP contribution in [-0.4, -0.2) is 22.1 Å². The van der Waals surface area contributed by atoms with E-state index in [0.29, 0.717) is 24.6 Å². The van der Waals surface area contributed by atoms with E-state index in [0.717, 1.165) is 0 Å². The van der Waals surface area contributed by atoms with Gasteiger partial charge in [-0.05, 0) is 0 Å². The highest BCUT2D eigenvalue weighted by Crippen LogP contribution is 2.15. The summed E-state index contributed by atoms with van der Waals surface area (Å²) in [7, 11) is 0. The molecule has 0 radical (unpaired) electrons. The Labute approximate surface area is 90.6 Å². The number of ether oxygens (including phenoxy) is 1. The van der Waals surface area contributed by atoms with Gasteiger partial charge in [0.2, 0.25) is 0 Å². The fraction of sp³-hybridized carbons (Fsp3) is 0.444. The molecule has 1 aromatic rings.